The van der Waals surface area contributed by atoms with E-state index in [0.29, 0.717) is 12.8 Å². The first-order valence-corrected chi connectivity index (χ1v) is 5.56. The van der Waals surface area contributed by atoms with Crippen LogP contribution in [0.2, 0.25) is 0 Å². The second-order valence-electron chi connectivity index (χ2n) is 4.33. The van der Waals surface area contributed by atoms with Crippen LogP contribution in [-0.4, -0.2) is 5.78 Å². The van der Waals surface area contributed by atoms with E-state index in [4.69, 9.17) is 0 Å². The highest BCUT2D eigenvalue weighted by atomic mass is 19.3. The standard InChI is InChI=1S/C13H14F2O/c14-13(15,11-6-2-1-3-7-11)9-10-5-4-8-12(10)16/h1-3,6-7,10H,4-5,8-9H2. The summed E-state index contributed by atoms with van der Waals surface area (Å²) in [4.78, 5) is 11.3. The van der Waals surface area contributed by atoms with Gasteiger partial charge in [-0.15, -0.1) is 0 Å². The van der Waals surface area contributed by atoms with Gasteiger partial charge in [0.2, 0.25) is 0 Å². The van der Waals surface area contributed by atoms with Crippen LogP contribution in [0.4, 0.5) is 8.78 Å². The maximum absolute atomic E-state index is 13.8. The van der Waals surface area contributed by atoms with E-state index in [1.165, 1.54) is 12.1 Å². The highest BCUT2D eigenvalue weighted by molar-refractivity contribution is 5.82. The van der Waals surface area contributed by atoms with Crippen LogP contribution in [0.5, 0.6) is 0 Å². The van der Waals surface area contributed by atoms with Crippen LogP contribution in [0.25, 0.3) is 0 Å². The van der Waals surface area contributed by atoms with Crippen molar-refractivity contribution >= 4 is 5.78 Å². The summed E-state index contributed by atoms with van der Waals surface area (Å²) in [7, 11) is 0. The summed E-state index contributed by atoms with van der Waals surface area (Å²) in [6, 6.07) is 7.73. The van der Waals surface area contributed by atoms with E-state index in [2.05, 4.69) is 0 Å². The average molecular weight is 224 g/mol. The van der Waals surface area contributed by atoms with Crippen molar-refractivity contribution in [2.75, 3.05) is 0 Å². The van der Waals surface area contributed by atoms with Gasteiger partial charge in [-0.05, 0) is 12.8 Å². The van der Waals surface area contributed by atoms with Crippen molar-refractivity contribution in [3.05, 3.63) is 35.9 Å². The Morgan fingerprint density at radius 1 is 1.25 bits per heavy atom. The predicted octanol–water partition coefficient (Wildman–Crippen LogP) is 3.54. The van der Waals surface area contributed by atoms with E-state index in [-0.39, 0.29) is 17.8 Å². The number of carbonyl (C=O) groups is 1. The van der Waals surface area contributed by atoms with Gasteiger partial charge in [0.05, 0.1) is 0 Å². The quantitative estimate of drug-likeness (QED) is 0.767. The molecule has 16 heavy (non-hydrogen) atoms. The van der Waals surface area contributed by atoms with Gasteiger partial charge in [-0.25, -0.2) is 8.78 Å². The number of carbonyl (C=O) groups excluding carboxylic acids is 1. The summed E-state index contributed by atoms with van der Waals surface area (Å²) in [6.45, 7) is 0. The number of alkyl halides is 2. The Kier molecular flexibility index (Phi) is 3.03. The molecule has 1 unspecified atom stereocenters. The van der Waals surface area contributed by atoms with Gasteiger partial charge >= 0.3 is 0 Å². The van der Waals surface area contributed by atoms with Crippen molar-refractivity contribution in [3.8, 4) is 0 Å². The molecule has 1 saturated carbocycles. The summed E-state index contributed by atoms with van der Waals surface area (Å²) in [5.74, 6) is -3.34. The molecule has 2 rings (SSSR count). The first kappa shape index (κ1) is 11.2. The van der Waals surface area contributed by atoms with Crippen molar-refractivity contribution < 1.29 is 13.6 Å². The summed E-state index contributed by atoms with van der Waals surface area (Å²) >= 11 is 0. The monoisotopic (exact) mass is 224 g/mol. The van der Waals surface area contributed by atoms with Gasteiger partial charge in [0.25, 0.3) is 5.92 Å². The zero-order valence-corrected chi connectivity index (χ0v) is 8.96. The molecule has 1 aromatic rings. The molecule has 0 N–H and O–H groups in total. The van der Waals surface area contributed by atoms with Crippen molar-refractivity contribution in [3.63, 3.8) is 0 Å². The van der Waals surface area contributed by atoms with Crippen LogP contribution >= 0.6 is 0 Å². The molecule has 86 valence electrons. The van der Waals surface area contributed by atoms with Gasteiger partial charge in [-0.2, -0.15) is 0 Å². The number of halogens is 2. The van der Waals surface area contributed by atoms with E-state index < -0.39 is 11.8 Å². The molecular weight excluding hydrogens is 210 g/mol. The van der Waals surface area contributed by atoms with Gasteiger partial charge in [-0.1, -0.05) is 30.3 Å². The van der Waals surface area contributed by atoms with Crippen LogP contribution < -0.4 is 0 Å². The summed E-state index contributed by atoms with van der Waals surface area (Å²) < 4.78 is 27.7. The minimum absolute atomic E-state index is 0.00407. The first-order chi connectivity index (χ1) is 7.59. The third kappa shape index (κ3) is 2.29. The van der Waals surface area contributed by atoms with Crippen LogP contribution in [0, 0.1) is 5.92 Å². The van der Waals surface area contributed by atoms with Gasteiger partial charge < -0.3 is 0 Å². The van der Waals surface area contributed by atoms with Gasteiger partial charge in [0.1, 0.15) is 5.78 Å². The molecule has 0 heterocycles. The van der Waals surface area contributed by atoms with E-state index in [9.17, 15) is 13.6 Å². The Hall–Kier alpha value is -1.25. The SMILES string of the molecule is O=C1CCCC1CC(F)(F)c1ccccc1. The Morgan fingerprint density at radius 3 is 2.50 bits per heavy atom. The molecule has 0 spiro atoms. The molecule has 3 heteroatoms. The lowest BCUT2D eigenvalue weighted by atomic mass is 9.94. The van der Waals surface area contributed by atoms with Gasteiger partial charge in [-0.3, -0.25) is 4.79 Å². The average Bonchev–Trinajstić information content (AvgIpc) is 2.65. The molecule has 0 bridgehead atoms. The van der Waals surface area contributed by atoms with Crippen molar-refractivity contribution in [1.29, 1.82) is 0 Å². The molecule has 0 amide bonds. The topological polar surface area (TPSA) is 17.1 Å². The Balaban J connectivity index is 2.11. The molecule has 1 atom stereocenters. The van der Waals surface area contributed by atoms with Crippen LogP contribution in [0.15, 0.2) is 30.3 Å². The second-order valence-corrected chi connectivity index (χ2v) is 4.33. The second kappa shape index (κ2) is 4.32. The number of hydrogen-bond donors (Lipinski definition) is 0. The summed E-state index contributed by atoms with van der Waals surface area (Å²) in [5.41, 5.74) is 0.00898. The van der Waals surface area contributed by atoms with E-state index >= 15 is 0 Å². The van der Waals surface area contributed by atoms with Crippen LogP contribution in [0.3, 0.4) is 0 Å². The normalized spacial score (nSPS) is 21.4. The molecule has 0 aliphatic heterocycles. The molecule has 0 aromatic heterocycles. The Morgan fingerprint density at radius 2 is 1.94 bits per heavy atom. The molecule has 1 nitrogen and oxygen atoms in total. The Bertz CT molecular complexity index is 373. The number of rotatable bonds is 3. The molecule has 1 fully saturated rings. The smallest absolute Gasteiger partial charge is 0.273 e. The number of Topliss-reactive ketones (excluding diaryl/α,β-unsaturated/α-hetero) is 1. The number of benzene rings is 1. The first-order valence-electron chi connectivity index (χ1n) is 5.56. The predicted molar refractivity (Wildman–Crippen MR) is 57.3 cm³/mol. The fourth-order valence-electron chi connectivity index (χ4n) is 2.21. The minimum atomic E-state index is -2.88. The van der Waals surface area contributed by atoms with Crippen LogP contribution in [-0.2, 0) is 10.7 Å². The van der Waals surface area contributed by atoms with Crippen LogP contribution in [0.1, 0.15) is 31.2 Å². The number of hydrogen-bond acceptors (Lipinski definition) is 1. The maximum atomic E-state index is 13.8. The van der Waals surface area contributed by atoms with Gasteiger partial charge in [0.15, 0.2) is 0 Å². The van der Waals surface area contributed by atoms with E-state index in [1.54, 1.807) is 18.2 Å². The number of ketones is 1. The third-order valence-corrected chi connectivity index (χ3v) is 3.13. The fraction of sp³-hybridized carbons (Fsp3) is 0.462. The highest BCUT2D eigenvalue weighted by Gasteiger charge is 2.38. The van der Waals surface area contributed by atoms with Crippen molar-refractivity contribution in [2.24, 2.45) is 5.92 Å². The lowest BCUT2D eigenvalue weighted by Gasteiger charge is -2.19. The lowest BCUT2D eigenvalue weighted by molar-refractivity contribution is -0.124. The molecule has 0 saturated heterocycles. The van der Waals surface area contributed by atoms with E-state index in [0.717, 1.165) is 6.42 Å². The Labute approximate surface area is 93.5 Å². The molecule has 1 aromatic carbocycles. The minimum Gasteiger partial charge on any atom is -0.299 e. The van der Waals surface area contributed by atoms with E-state index in [1.807, 2.05) is 0 Å². The zero-order chi connectivity index (χ0) is 11.6. The van der Waals surface area contributed by atoms with Crippen molar-refractivity contribution in [2.45, 2.75) is 31.6 Å². The molecular formula is C13H14F2O. The summed E-state index contributed by atoms with van der Waals surface area (Å²) in [5, 5.41) is 0. The third-order valence-electron chi connectivity index (χ3n) is 3.13. The maximum Gasteiger partial charge on any atom is 0.273 e. The van der Waals surface area contributed by atoms with Crippen molar-refractivity contribution in [1.82, 2.24) is 0 Å². The summed E-state index contributed by atoms with van der Waals surface area (Å²) in [6.07, 6.45) is 1.50. The molecule has 1 aliphatic rings. The zero-order valence-electron chi connectivity index (χ0n) is 8.96. The fourth-order valence-corrected chi connectivity index (χ4v) is 2.21. The molecule has 0 radical (unpaired) electrons. The highest BCUT2D eigenvalue weighted by Crippen LogP contribution is 2.38. The van der Waals surface area contributed by atoms with Gasteiger partial charge in [0, 0.05) is 24.3 Å². The molecule has 1 aliphatic carbocycles. The lowest BCUT2D eigenvalue weighted by Crippen LogP contribution is -2.21. The largest absolute Gasteiger partial charge is 0.299 e.